The smallest absolute Gasteiger partial charge is 0.276 e. The molecule has 0 aliphatic rings. The summed E-state index contributed by atoms with van der Waals surface area (Å²) in [5.74, 6) is -1.34. The Morgan fingerprint density at radius 1 is 1.17 bits per heavy atom. The van der Waals surface area contributed by atoms with Crippen LogP contribution < -0.4 is 15.9 Å². The molecule has 1 atom stereocenters. The highest BCUT2D eigenvalue weighted by Gasteiger charge is 2.19. The zero-order valence-corrected chi connectivity index (χ0v) is 17.0. The lowest BCUT2D eigenvalue weighted by atomic mass is 10.1. The lowest BCUT2D eigenvalue weighted by Crippen LogP contribution is -2.33. The highest BCUT2D eigenvalue weighted by molar-refractivity contribution is 7.89. The minimum Gasteiger partial charge on any atom is -0.344 e. The maximum atomic E-state index is 14.2. The molecule has 0 saturated carbocycles. The highest BCUT2D eigenvalue weighted by Crippen LogP contribution is 2.17. The Hall–Kier alpha value is -3.37. The number of amides is 1. The van der Waals surface area contributed by atoms with E-state index in [0.717, 1.165) is 0 Å². The van der Waals surface area contributed by atoms with Crippen LogP contribution in [0, 0.1) is 12.7 Å². The second kappa shape index (κ2) is 8.17. The third-order valence-electron chi connectivity index (χ3n) is 4.44. The van der Waals surface area contributed by atoms with Gasteiger partial charge in [0.25, 0.3) is 5.91 Å². The Kier molecular flexibility index (Phi) is 5.81. The molecule has 0 bridgehead atoms. The summed E-state index contributed by atoms with van der Waals surface area (Å²) >= 11 is 0. The highest BCUT2D eigenvalue weighted by atomic mass is 32.2. The summed E-state index contributed by atoms with van der Waals surface area (Å²) in [7, 11) is -3.91. The molecule has 1 aromatic heterocycles. The zero-order valence-electron chi connectivity index (χ0n) is 16.2. The number of nitrogens with two attached hydrogens (primary N) is 1. The van der Waals surface area contributed by atoms with Crippen LogP contribution in [0.25, 0.3) is 5.69 Å². The molecule has 10 heteroatoms. The van der Waals surface area contributed by atoms with Gasteiger partial charge in [0, 0.05) is 11.8 Å². The molecule has 0 spiro atoms. The second-order valence-corrected chi connectivity index (χ2v) is 8.24. The topological polar surface area (TPSA) is 124 Å². The van der Waals surface area contributed by atoms with E-state index in [4.69, 9.17) is 5.14 Å². The van der Waals surface area contributed by atoms with Crippen molar-refractivity contribution in [2.75, 3.05) is 0 Å². The monoisotopic (exact) mass is 430 g/mol. The first-order valence-electron chi connectivity index (χ1n) is 8.87. The van der Waals surface area contributed by atoms with Crippen LogP contribution in [0.2, 0.25) is 0 Å². The number of hydrogen-bond acceptors (Lipinski definition) is 5. The predicted octanol–water partition coefficient (Wildman–Crippen LogP) is 1.82. The summed E-state index contributed by atoms with van der Waals surface area (Å²) in [6.07, 6.45) is 0. The van der Waals surface area contributed by atoms with Crippen molar-refractivity contribution in [3.05, 3.63) is 87.6 Å². The first kappa shape index (κ1) is 21.3. The molecule has 8 nitrogen and oxygen atoms in total. The molecule has 3 rings (SSSR count). The quantitative estimate of drug-likeness (QED) is 0.639. The molecule has 1 heterocycles. The van der Waals surface area contributed by atoms with Gasteiger partial charge in [-0.15, -0.1) is 0 Å². The van der Waals surface area contributed by atoms with E-state index in [2.05, 4.69) is 10.4 Å². The molecule has 30 heavy (non-hydrogen) atoms. The van der Waals surface area contributed by atoms with Crippen molar-refractivity contribution >= 4 is 15.9 Å². The van der Waals surface area contributed by atoms with Crippen LogP contribution in [0.15, 0.2) is 64.3 Å². The van der Waals surface area contributed by atoms with Gasteiger partial charge in [0.15, 0.2) is 5.69 Å². The van der Waals surface area contributed by atoms with Gasteiger partial charge in [-0.25, -0.2) is 22.6 Å². The molecule has 0 aliphatic heterocycles. The van der Waals surface area contributed by atoms with E-state index in [-0.39, 0.29) is 10.6 Å². The van der Waals surface area contributed by atoms with Gasteiger partial charge in [-0.3, -0.25) is 9.59 Å². The largest absolute Gasteiger partial charge is 0.344 e. The Labute approximate surface area is 172 Å². The summed E-state index contributed by atoms with van der Waals surface area (Å²) in [6, 6.07) is 12.2. The number of sulfonamides is 1. The van der Waals surface area contributed by atoms with Crippen molar-refractivity contribution in [2.45, 2.75) is 24.8 Å². The number of para-hydroxylation sites is 1. The fourth-order valence-corrected chi connectivity index (χ4v) is 3.45. The molecule has 3 aromatic rings. The Morgan fingerprint density at radius 3 is 2.53 bits per heavy atom. The number of rotatable bonds is 5. The van der Waals surface area contributed by atoms with Gasteiger partial charge in [-0.1, -0.05) is 24.3 Å². The standard InChI is InChI=1S/C20H19FN4O4S/c1-12-10-18(26)19(24-25(12)17-9-4-3-8-16(17)21)20(27)23-13(2)14-6-5-7-15(11-14)30(22,28)29/h3-11,13H,1-2H3,(H,23,27)(H2,22,28,29). The SMILES string of the molecule is Cc1cc(=O)c(C(=O)NC(C)c2cccc(S(N)(=O)=O)c2)nn1-c1ccccc1F. The van der Waals surface area contributed by atoms with Crippen LogP contribution in [-0.2, 0) is 10.0 Å². The summed E-state index contributed by atoms with van der Waals surface area (Å²) in [5.41, 5.74) is -0.119. The van der Waals surface area contributed by atoms with Gasteiger partial charge in [-0.05, 0) is 43.7 Å². The minimum atomic E-state index is -3.91. The molecule has 156 valence electrons. The second-order valence-electron chi connectivity index (χ2n) is 6.67. The molecular formula is C20H19FN4O4S. The number of halogens is 1. The number of hydrogen-bond donors (Lipinski definition) is 2. The Balaban J connectivity index is 1.93. The number of nitrogens with one attached hydrogen (secondary N) is 1. The summed E-state index contributed by atoms with van der Waals surface area (Å²) in [4.78, 5) is 24.9. The van der Waals surface area contributed by atoms with Crippen molar-refractivity contribution in [2.24, 2.45) is 5.14 Å². The van der Waals surface area contributed by atoms with Crippen LogP contribution in [0.4, 0.5) is 4.39 Å². The Morgan fingerprint density at radius 2 is 1.87 bits per heavy atom. The van der Waals surface area contributed by atoms with E-state index < -0.39 is 38.9 Å². The average Bonchev–Trinajstić information content (AvgIpc) is 2.68. The van der Waals surface area contributed by atoms with Gasteiger partial charge in [0.2, 0.25) is 15.5 Å². The van der Waals surface area contributed by atoms with Gasteiger partial charge in [-0.2, -0.15) is 5.10 Å². The van der Waals surface area contributed by atoms with Crippen molar-refractivity contribution in [1.29, 1.82) is 0 Å². The zero-order chi connectivity index (χ0) is 22.1. The first-order valence-corrected chi connectivity index (χ1v) is 10.4. The molecule has 0 aliphatic carbocycles. The molecular weight excluding hydrogens is 411 g/mol. The number of benzene rings is 2. The van der Waals surface area contributed by atoms with Gasteiger partial charge in [0.05, 0.1) is 10.9 Å². The van der Waals surface area contributed by atoms with E-state index in [0.29, 0.717) is 11.3 Å². The maximum absolute atomic E-state index is 14.2. The van der Waals surface area contributed by atoms with Crippen LogP contribution >= 0.6 is 0 Å². The van der Waals surface area contributed by atoms with Gasteiger partial charge < -0.3 is 5.32 Å². The number of aryl methyl sites for hydroxylation is 1. The number of carbonyl (C=O) groups is 1. The number of aromatic nitrogens is 2. The summed E-state index contributed by atoms with van der Waals surface area (Å²) in [6.45, 7) is 3.19. The fraction of sp³-hybridized carbons (Fsp3) is 0.150. The lowest BCUT2D eigenvalue weighted by molar-refractivity contribution is 0.0931. The van der Waals surface area contributed by atoms with E-state index in [9.17, 15) is 22.4 Å². The molecule has 0 saturated heterocycles. The first-order chi connectivity index (χ1) is 14.1. The normalized spacial score (nSPS) is 12.4. The predicted molar refractivity (Wildman–Crippen MR) is 108 cm³/mol. The third kappa shape index (κ3) is 4.44. The average molecular weight is 430 g/mol. The summed E-state index contributed by atoms with van der Waals surface area (Å²) in [5, 5.41) is 11.8. The van der Waals surface area contributed by atoms with Crippen LogP contribution in [-0.4, -0.2) is 24.1 Å². The third-order valence-corrected chi connectivity index (χ3v) is 5.35. The van der Waals surface area contributed by atoms with Crippen molar-refractivity contribution in [1.82, 2.24) is 15.1 Å². The minimum absolute atomic E-state index is 0.0953. The molecule has 0 fully saturated rings. The van der Waals surface area contributed by atoms with Crippen molar-refractivity contribution in [3.63, 3.8) is 0 Å². The van der Waals surface area contributed by atoms with Crippen LogP contribution in [0.5, 0.6) is 0 Å². The van der Waals surface area contributed by atoms with Crippen LogP contribution in [0.3, 0.4) is 0 Å². The maximum Gasteiger partial charge on any atom is 0.276 e. The molecule has 3 N–H and O–H groups in total. The number of nitrogens with zero attached hydrogens (tertiary/aromatic N) is 2. The Bertz CT molecular complexity index is 1290. The molecule has 1 unspecified atom stereocenters. The summed E-state index contributed by atoms with van der Waals surface area (Å²) < 4.78 is 38.4. The van der Waals surface area contributed by atoms with Crippen LogP contribution in [0.1, 0.15) is 34.7 Å². The number of primary sulfonamides is 1. The lowest BCUT2D eigenvalue weighted by Gasteiger charge is -2.16. The fourth-order valence-electron chi connectivity index (χ4n) is 2.88. The van der Waals surface area contributed by atoms with E-state index in [1.54, 1.807) is 26.0 Å². The molecule has 1 amide bonds. The molecule has 2 aromatic carbocycles. The van der Waals surface area contributed by atoms with Gasteiger partial charge >= 0.3 is 0 Å². The van der Waals surface area contributed by atoms with Crippen molar-refractivity contribution in [3.8, 4) is 5.69 Å². The van der Waals surface area contributed by atoms with E-state index >= 15 is 0 Å². The van der Waals surface area contributed by atoms with E-state index in [1.807, 2.05) is 0 Å². The van der Waals surface area contributed by atoms with E-state index in [1.165, 1.54) is 47.1 Å². The number of carbonyl (C=O) groups excluding carboxylic acids is 1. The van der Waals surface area contributed by atoms with Gasteiger partial charge in [0.1, 0.15) is 11.5 Å². The molecule has 0 radical (unpaired) electrons. The van der Waals surface area contributed by atoms with Crippen molar-refractivity contribution < 1.29 is 17.6 Å².